The van der Waals surface area contributed by atoms with Gasteiger partial charge in [0.05, 0.1) is 0 Å². The molecule has 0 bridgehead atoms. The predicted molar refractivity (Wildman–Crippen MR) is 77.9 cm³/mol. The molecule has 2 rings (SSSR count). The molecular weight excluding hydrogens is 236 g/mol. The Morgan fingerprint density at radius 1 is 1.21 bits per heavy atom. The van der Waals surface area contributed by atoms with Gasteiger partial charge >= 0.3 is 0 Å². The third-order valence-electron chi connectivity index (χ3n) is 3.90. The van der Waals surface area contributed by atoms with E-state index in [-0.39, 0.29) is 5.91 Å². The first kappa shape index (κ1) is 14.1. The average Bonchev–Trinajstić information content (AvgIpc) is 2.41. The number of hydrogen-bond acceptors (Lipinski definition) is 2. The Balaban J connectivity index is 1.71. The van der Waals surface area contributed by atoms with Gasteiger partial charge in [0.2, 0.25) is 5.91 Å². The second-order valence-electron chi connectivity index (χ2n) is 5.66. The van der Waals surface area contributed by atoms with Crippen LogP contribution in [0.1, 0.15) is 43.2 Å². The van der Waals surface area contributed by atoms with Crippen LogP contribution in [0.15, 0.2) is 24.3 Å². The lowest BCUT2D eigenvalue weighted by Crippen LogP contribution is -2.40. The Hall–Kier alpha value is -1.35. The molecule has 0 saturated heterocycles. The smallest absolute Gasteiger partial charge is 0.220 e. The molecule has 1 aromatic carbocycles. The molecule has 0 spiro atoms. The van der Waals surface area contributed by atoms with Gasteiger partial charge in [0.15, 0.2) is 0 Å². The zero-order valence-electron chi connectivity index (χ0n) is 11.7. The fourth-order valence-corrected chi connectivity index (χ4v) is 2.58. The molecule has 1 amide bonds. The van der Waals surface area contributed by atoms with Gasteiger partial charge in [-0.2, -0.15) is 0 Å². The predicted octanol–water partition coefficient (Wildman–Crippen LogP) is 2.31. The fourth-order valence-electron chi connectivity index (χ4n) is 2.58. The van der Waals surface area contributed by atoms with Crippen LogP contribution < -0.4 is 11.1 Å². The van der Waals surface area contributed by atoms with E-state index in [0.29, 0.717) is 18.5 Å². The molecular formula is C16H24N2O. The molecule has 0 aromatic heterocycles. The number of carbonyl (C=O) groups excluding carboxylic acids is 1. The van der Waals surface area contributed by atoms with Crippen molar-refractivity contribution in [3.63, 3.8) is 0 Å². The molecule has 0 heterocycles. The first-order chi connectivity index (χ1) is 9.13. The van der Waals surface area contributed by atoms with Crippen LogP contribution in [-0.2, 0) is 11.2 Å². The second kappa shape index (κ2) is 6.71. The normalized spacial score (nSPS) is 23.1. The molecule has 1 aliphatic rings. The summed E-state index contributed by atoms with van der Waals surface area (Å²) in [6.45, 7) is 2.07. The highest BCUT2D eigenvalue weighted by Gasteiger charge is 2.19. The highest BCUT2D eigenvalue weighted by Crippen LogP contribution is 2.17. The van der Waals surface area contributed by atoms with Crippen LogP contribution >= 0.6 is 0 Å². The summed E-state index contributed by atoms with van der Waals surface area (Å²) in [5, 5.41) is 3.13. The number of nitrogens with one attached hydrogen (secondary N) is 1. The molecule has 3 nitrogen and oxygen atoms in total. The van der Waals surface area contributed by atoms with E-state index < -0.39 is 0 Å². The Kier molecular flexibility index (Phi) is 4.97. The summed E-state index contributed by atoms with van der Waals surface area (Å²) in [6, 6.07) is 9.06. The van der Waals surface area contributed by atoms with Crippen molar-refractivity contribution >= 4 is 5.91 Å². The number of aryl methyl sites for hydroxylation is 2. The maximum absolute atomic E-state index is 11.9. The van der Waals surface area contributed by atoms with Crippen molar-refractivity contribution in [1.82, 2.24) is 5.32 Å². The number of carbonyl (C=O) groups is 1. The fraction of sp³-hybridized carbons (Fsp3) is 0.562. The number of benzene rings is 1. The third-order valence-corrected chi connectivity index (χ3v) is 3.90. The van der Waals surface area contributed by atoms with E-state index in [2.05, 4.69) is 36.5 Å². The summed E-state index contributed by atoms with van der Waals surface area (Å²) in [4.78, 5) is 11.9. The third kappa shape index (κ3) is 4.67. The van der Waals surface area contributed by atoms with E-state index in [0.717, 1.165) is 32.1 Å². The van der Waals surface area contributed by atoms with Gasteiger partial charge in [-0.25, -0.2) is 0 Å². The Bertz CT molecular complexity index is 405. The molecule has 1 fully saturated rings. The lowest BCUT2D eigenvalue weighted by molar-refractivity contribution is -0.122. The molecule has 0 unspecified atom stereocenters. The minimum atomic E-state index is 0.168. The minimum absolute atomic E-state index is 0.168. The summed E-state index contributed by atoms with van der Waals surface area (Å²) in [6.07, 6.45) is 5.50. The maximum Gasteiger partial charge on any atom is 0.220 e. The average molecular weight is 260 g/mol. The molecule has 0 atom stereocenters. The molecule has 3 N–H and O–H groups in total. The van der Waals surface area contributed by atoms with Gasteiger partial charge in [0.25, 0.3) is 0 Å². The SMILES string of the molecule is Cc1ccc(CCC(=O)NC2CCC(N)CC2)cc1. The van der Waals surface area contributed by atoms with Crippen molar-refractivity contribution in [1.29, 1.82) is 0 Å². The summed E-state index contributed by atoms with van der Waals surface area (Å²) in [5.41, 5.74) is 8.35. The number of amides is 1. The molecule has 19 heavy (non-hydrogen) atoms. The van der Waals surface area contributed by atoms with E-state index in [1.165, 1.54) is 11.1 Å². The first-order valence-electron chi connectivity index (χ1n) is 7.24. The van der Waals surface area contributed by atoms with Crippen LogP contribution in [0.5, 0.6) is 0 Å². The van der Waals surface area contributed by atoms with Gasteiger partial charge in [-0.1, -0.05) is 29.8 Å². The van der Waals surface area contributed by atoms with E-state index in [9.17, 15) is 4.79 Å². The van der Waals surface area contributed by atoms with Crippen molar-refractivity contribution in [2.75, 3.05) is 0 Å². The minimum Gasteiger partial charge on any atom is -0.353 e. The second-order valence-corrected chi connectivity index (χ2v) is 5.66. The van der Waals surface area contributed by atoms with E-state index in [1.807, 2.05) is 0 Å². The van der Waals surface area contributed by atoms with Crippen molar-refractivity contribution in [3.05, 3.63) is 35.4 Å². The first-order valence-corrected chi connectivity index (χ1v) is 7.24. The number of rotatable bonds is 4. The van der Waals surface area contributed by atoms with Gasteiger partial charge in [0, 0.05) is 18.5 Å². The van der Waals surface area contributed by atoms with Gasteiger partial charge < -0.3 is 11.1 Å². The Morgan fingerprint density at radius 2 is 1.84 bits per heavy atom. The number of hydrogen-bond donors (Lipinski definition) is 2. The molecule has 1 aromatic rings. The molecule has 104 valence electrons. The maximum atomic E-state index is 11.9. The Morgan fingerprint density at radius 3 is 2.47 bits per heavy atom. The molecule has 0 radical (unpaired) electrons. The zero-order chi connectivity index (χ0) is 13.7. The standard InChI is InChI=1S/C16H24N2O/c1-12-2-4-13(5-3-12)6-11-16(19)18-15-9-7-14(17)8-10-15/h2-5,14-15H,6-11,17H2,1H3,(H,18,19). The van der Waals surface area contributed by atoms with Crippen LogP contribution in [0.2, 0.25) is 0 Å². The highest BCUT2D eigenvalue weighted by molar-refractivity contribution is 5.76. The van der Waals surface area contributed by atoms with E-state index in [4.69, 9.17) is 5.73 Å². The zero-order valence-corrected chi connectivity index (χ0v) is 11.7. The quantitative estimate of drug-likeness (QED) is 0.873. The topological polar surface area (TPSA) is 55.1 Å². The monoisotopic (exact) mass is 260 g/mol. The van der Waals surface area contributed by atoms with Crippen LogP contribution in [0.25, 0.3) is 0 Å². The van der Waals surface area contributed by atoms with Crippen molar-refractivity contribution in [3.8, 4) is 0 Å². The van der Waals surface area contributed by atoms with Gasteiger partial charge in [-0.15, -0.1) is 0 Å². The summed E-state index contributed by atoms with van der Waals surface area (Å²) < 4.78 is 0. The van der Waals surface area contributed by atoms with E-state index in [1.54, 1.807) is 0 Å². The number of nitrogens with two attached hydrogens (primary N) is 1. The van der Waals surface area contributed by atoms with Crippen molar-refractivity contribution in [2.45, 2.75) is 57.5 Å². The summed E-state index contributed by atoms with van der Waals surface area (Å²) in [5.74, 6) is 0.168. The lowest BCUT2D eigenvalue weighted by Gasteiger charge is -2.26. The largest absolute Gasteiger partial charge is 0.353 e. The van der Waals surface area contributed by atoms with Gasteiger partial charge in [-0.05, 0) is 44.6 Å². The molecule has 3 heteroatoms. The van der Waals surface area contributed by atoms with Crippen LogP contribution in [0.3, 0.4) is 0 Å². The summed E-state index contributed by atoms with van der Waals surface area (Å²) in [7, 11) is 0. The summed E-state index contributed by atoms with van der Waals surface area (Å²) >= 11 is 0. The highest BCUT2D eigenvalue weighted by atomic mass is 16.1. The van der Waals surface area contributed by atoms with Gasteiger partial charge in [-0.3, -0.25) is 4.79 Å². The van der Waals surface area contributed by atoms with E-state index >= 15 is 0 Å². The van der Waals surface area contributed by atoms with Crippen LogP contribution in [0, 0.1) is 6.92 Å². The van der Waals surface area contributed by atoms with Gasteiger partial charge in [0.1, 0.15) is 0 Å². The lowest BCUT2D eigenvalue weighted by atomic mass is 9.91. The van der Waals surface area contributed by atoms with Crippen molar-refractivity contribution in [2.24, 2.45) is 5.73 Å². The Labute approximate surface area is 115 Å². The molecule has 0 aliphatic heterocycles. The van der Waals surface area contributed by atoms with Crippen molar-refractivity contribution < 1.29 is 4.79 Å². The van der Waals surface area contributed by atoms with Crippen LogP contribution in [0.4, 0.5) is 0 Å². The van der Waals surface area contributed by atoms with Crippen LogP contribution in [-0.4, -0.2) is 18.0 Å². The molecule has 1 aliphatic carbocycles. The molecule has 1 saturated carbocycles.